The summed E-state index contributed by atoms with van der Waals surface area (Å²) in [7, 11) is -3.92. The van der Waals surface area contributed by atoms with Gasteiger partial charge in [-0.15, -0.1) is 0 Å². The zero-order valence-corrected chi connectivity index (χ0v) is 13.3. The Morgan fingerprint density at radius 1 is 1.50 bits per heavy atom. The topological polar surface area (TPSA) is 112 Å². The lowest BCUT2D eigenvalue weighted by Gasteiger charge is -2.29. The lowest BCUT2D eigenvalue weighted by atomic mass is 10.0. The molecule has 0 saturated heterocycles. The molecule has 0 fully saturated rings. The molecular weight excluding hydrogens is 302 g/mol. The van der Waals surface area contributed by atoms with E-state index in [4.69, 9.17) is 5.11 Å². The fraction of sp³-hybridized carbons (Fsp3) is 0.636. The Morgan fingerprint density at radius 3 is 2.55 bits per heavy atom. The van der Waals surface area contributed by atoms with Crippen molar-refractivity contribution in [3.05, 3.63) is 11.8 Å². The largest absolute Gasteiger partial charge is 0.478 e. The van der Waals surface area contributed by atoms with Crippen LogP contribution in [0.15, 0.2) is 11.2 Å². The molecule has 0 aromatic carbocycles. The summed E-state index contributed by atoms with van der Waals surface area (Å²) in [5.41, 5.74) is -0.361. The number of hydrogen-bond acceptors (Lipinski definition) is 5. The van der Waals surface area contributed by atoms with Crippen LogP contribution in [-0.2, 0) is 10.0 Å². The van der Waals surface area contributed by atoms with Gasteiger partial charge in [0.05, 0.1) is 6.20 Å². The standard InChI is InChI=1S/C11H19N3O4S2/c1-4-11(5-2,19-3)7-13-20(17,18)9-8(10(15)16)6-12-14-9/h6,13H,4-5,7H2,1-3H3,(H,12,14)(H,15,16). The van der Waals surface area contributed by atoms with Gasteiger partial charge in [-0.1, -0.05) is 13.8 Å². The van der Waals surface area contributed by atoms with E-state index in [9.17, 15) is 13.2 Å². The average molecular weight is 321 g/mol. The van der Waals surface area contributed by atoms with E-state index in [0.29, 0.717) is 0 Å². The molecule has 1 aromatic rings. The van der Waals surface area contributed by atoms with Crippen molar-refractivity contribution in [2.45, 2.75) is 36.5 Å². The van der Waals surface area contributed by atoms with Gasteiger partial charge in [0, 0.05) is 11.3 Å². The summed E-state index contributed by atoms with van der Waals surface area (Å²) in [5.74, 6) is -1.33. The molecule has 114 valence electrons. The van der Waals surface area contributed by atoms with Gasteiger partial charge in [0.1, 0.15) is 5.56 Å². The predicted octanol–water partition coefficient (Wildman–Crippen LogP) is 1.31. The summed E-state index contributed by atoms with van der Waals surface area (Å²) in [6, 6.07) is 0. The van der Waals surface area contributed by atoms with Crippen LogP contribution in [0, 0.1) is 0 Å². The van der Waals surface area contributed by atoms with Crippen LogP contribution in [0.5, 0.6) is 0 Å². The number of thioether (sulfide) groups is 1. The molecule has 7 nitrogen and oxygen atoms in total. The Labute approximate surface area is 122 Å². The van der Waals surface area contributed by atoms with Gasteiger partial charge in [-0.2, -0.15) is 16.9 Å². The van der Waals surface area contributed by atoms with E-state index in [2.05, 4.69) is 14.9 Å². The Balaban J connectivity index is 2.96. The van der Waals surface area contributed by atoms with E-state index in [1.165, 1.54) is 0 Å². The minimum Gasteiger partial charge on any atom is -0.478 e. The van der Waals surface area contributed by atoms with E-state index in [0.717, 1.165) is 19.0 Å². The molecule has 0 bridgehead atoms. The van der Waals surface area contributed by atoms with Gasteiger partial charge in [0.2, 0.25) is 0 Å². The molecule has 0 radical (unpaired) electrons. The number of carboxylic acid groups (broad SMARTS) is 1. The molecule has 9 heteroatoms. The number of rotatable bonds is 8. The number of aromatic nitrogens is 2. The summed E-state index contributed by atoms with van der Waals surface area (Å²) in [4.78, 5) is 10.9. The van der Waals surface area contributed by atoms with E-state index in [-0.39, 0.29) is 16.9 Å². The van der Waals surface area contributed by atoms with Crippen LogP contribution in [0.1, 0.15) is 37.0 Å². The van der Waals surface area contributed by atoms with Crippen LogP contribution < -0.4 is 4.72 Å². The molecule has 0 atom stereocenters. The summed E-state index contributed by atoms with van der Waals surface area (Å²) < 4.78 is 26.6. The number of carbonyl (C=O) groups is 1. The van der Waals surface area contributed by atoms with E-state index in [1.807, 2.05) is 20.1 Å². The molecule has 1 rings (SSSR count). The first kappa shape index (κ1) is 17.0. The number of carboxylic acids is 1. The fourth-order valence-electron chi connectivity index (χ4n) is 1.79. The number of hydrogen-bond donors (Lipinski definition) is 3. The maximum Gasteiger partial charge on any atom is 0.340 e. The third-order valence-electron chi connectivity index (χ3n) is 3.41. The second-order valence-corrected chi connectivity index (χ2v) is 7.31. The average Bonchev–Trinajstić information content (AvgIpc) is 2.91. The lowest BCUT2D eigenvalue weighted by Crippen LogP contribution is -2.40. The van der Waals surface area contributed by atoms with Gasteiger partial charge < -0.3 is 5.11 Å². The second-order valence-electron chi connectivity index (χ2n) is 4.34. The molecule has 0 amide bonds. The highest BCUT2D eigenvalue weighted by Crippen LogP contribution is 2.30. The van der Waals surface area contributed by atoms with Crippen LogP contribution in [0.25, 0.3) is 0 Å². The normalized spacial score (nSPS) is 12.6. The van der Waals surface area contributed by atoms with E-state index >= 15 is 0 Å². The van der Waals surface area contributed by atoms with E-state index in [1.54, 1.807) is 11.8 Å². The minimum atomic E-state index is -3.92. The highest BCUT2D eigenvalue weighted by atomic mass is 32.2. The van der Waals surface area contributed by atoms with Crippen molar-refractivity contribution in [3.63, 3.8) is 0 Å². The number of sulfonamides is 1. The highest BCUT2D eigenvalue weighted by Gasteiger charge is 2.30. The van der Waals surface area contributed by atoms with Gasteiger partial charge >= 0.3 is 5.97 Å². The predicted molar refractivity (Wildman–Crippen MR) is 77.6 cm³/mol. The van der Waals surface area contributed by atoms with Crippen LogP contribution in [-0.4, -0.2) is 47.2 Å². The van der Waals surface area contributed by atoms with Gasteiger partial charge in [0.25, 0.3) is 10.0 Å². The van der Waals surface area contributed by atoms with Crippen molar-refractivity contribution in [1.29, 1.82) is 0 Å². The number of H-pyrrole nitrogens is 1. The molecule has 20 heavy (non-hydrogen) atoms. The molecule has 1 heterocycles. The summed E-state index contributed by atoms with van der Waals surface area (Å²) in [6.07, 6.45) is 4.53. The first-order valence-corrected chi connectivity index (χ1v) is 8.84. The van der Waals surface area contributed by atoms with Gasteiger partial charge in [0.15, 0.2) is 5.03 Å². The number of nitrogens with one attached hydrogen (secondary N) is 2. The van der Waals surface area contributed by atoms with Crippen LogP contribution in [0.4, 0.5) is 0 Å². The third kappa shape index (κ3) is 3.53. The highest BCUT2D eigenvalue weighted by molar-refractivity contribution is 8.00. The summed E-state index contributed by atoms with van der Waals surface area (Å²) in [5, 5.41) is 14.2. The number of nitrogens with zero attached hydrogens (tertiary/aromatic N) is 1. The van der Waals surface area contributed by atoms with Crippen LogP contribution in [0.3, 0.4) is 0 Å². The summed E-state index contributed by atoms with van der Waals surface area (Å²) in [6.45, 7) is 4.22. The number of aromatic amines is 1. The zero-order valence-electron chi connectivity index (χ0n) is 11.6. The van der Waals surface area contributed by atoms with Crippen molar-refractivity contribution in [2.75, 3.05) is 12.8 Å². The Hall–Kier alpha value is -1.06. The molecule has 0 saturated carbocycles. The fourth-order valence-corrected chi connectivity index (χ4v) is 3.89. The Kier molecular flexibility index (Phi) is 5.60. The van der Waals surface area contributed by atoms with Crippen molar-refractivity contribution < 1.29 is 18.3 Å². The quantitative estimate of drug-likeness (QED) is 0.665. The SMILES string of the molecule is CCC(CC)(CNS(=O)(=O)c1[nH]ncc1C(=O)O)SC. The van der Waals surface area contributed by atoms with Gasteiger partial charge in [-0.3, -0.25) is 5.10 Å². The molecular formula is C11H19N3O4S2. The second kappa shape index (κ2) is 6.59. The van der Waals surface area contributed by atoms with E-state index < -0.39 is 21.0 Å². The van der Waals surface area contributed by atoms with Crippen molar-refractivity contribution in [1.82, 2.24) is 14.9 Å². The molecule has 0 spiro atoms. The van der Waals surface area contributed by atoms with Crippen molar-refractivity contribution in [3.8, 4) is 0 Å². The zero-order chi connectivity index (χ0) is 15.4. The monoisotopic (exact) mass is 321 g/mol. The molecule has 0 aliphatic carbocycles. The number of aromatic carboxylic acids is 1. The minimum absolute atomic E-state index is 0.198. The van der Waals surface area contributed by atoms with Gasteiger partial charge in [-0.25, -0.2) is 17.9 Å². The molecule has 0 unspecified atom stereocenters. The maximum atomic E-state index is 12.2. The van der Waals surface area contributed by atoms with Crippen LogP contribution in [0.2, 0.25) is 0 Å². The van der Waals surface area contributed by atoms with Crippen molar-refractivity contribution in [2.24, 2.45) is 0 Å². The Bertz CT molecular complexity index is 556. The maximum absolute atomic E-state index is 12.2. The molecule has 1 aromatic heterocycles. The Morgan fingerprint density at radius 2 is 2.10 bits per heavy atom. The molecule has 3 N–H and O–H groups in total. The molecule has 0 aliphatic heterocycles. The van der Waals surface area contributed by atoms with Crippen LogP contribution >= 0.6 is 11.8 Å². The first-order chi connectivity index (χ1) is 9.32. The molecule has 0 aliphatic rings. The summed E-state index contributed by atoms with van der Waals surface area (Å²) >= 11 is 1.60. The van der Waals surface area contributed by atoms with Crippen molar-refractivity contribution >= 4 is 27.8 Å². The smallest absolute Gasteiger partial charge is 0.340 e. The third-order valence-corrected chi connectivity index (χ3v) is 6.37. The van der Waals surface area contributed by atoms with Gasteiger partial charge in [-0.05, 0) is 19.1 Å². The lowest BCUT2D eigenvalue weighted by molar-refractivity contribution is 0.0692. The first-order valence-electron chi connectivity index (χ1n) is 6.13.